The van der Waals surface area contributed by atoms with Gasteiger partial charge in [-0.1, -0.05) is 43.5 Å². The van der Waals surface area contributed by atoms with E-state index >= 15 is 0 Å². The molecule has 6 nitrogen and oxygen atoms in total. The van der Waals surface area contributed by atoms with Gasteiger partial charge in [-0.2, -0.15) is 0 Å². The van der Waals surface area contributed by atoms with Gasteiger partial charge in [-0.15, -0.1) is 0 Å². The van der Waals surface area contributed by atoms with Crippen LogP contribution in [0.4, 0.5) is 5.69 Å². The quantitative estimate of drug-likeness (QED) is 0.606. The number of nitrogens with two attached hydrogens (primary N) is 1. The summed E-state index contributed by atoms with van der Waals surface area (Å²) in [6, 6.07) is 16.1. The van der Waals surface area contributed by atoms with E-state index in [9.17, 15) is 9.59 Å². The Hall–Kier alpha value is -3.28. The van der Waals surface area contributed by atoms with Gasteiger partial charge in [0.1, 0.15) is 5.75 Å². The van der Waals surface area contributed by atoms with Crippen molar-refractivity contribution < 1.29 is 14.3 Å². The molecular weight excluding hydrogens is 390 g/mol. The number of primary amides is 1. The first-order chi connectivity index (χ1) is 15.0. The molecule has 31 heavy (non-hydrogen) atoms. The van der Waals surface area contributed by atoms with Crippen LogP contribution in [0.25, 0.3) is 6.08 Å². The van der Waals surface area contributed by atoms with Crippen molar-refractivity contribution in [2.24, 2.45) is 5.73 Å². The smallest absolute Gasteiger partial charge is 0.255 e. The Morgan fingerprint density at radius 2 is 1.74 bits per heavy atom. The molecule has 2 aromatic carbocycles. The molecule has 3 rings (SSSR count). The Balaban J connectivity index is 1.45. The van der Waals surface area contributed by atoms with E-state index in [1.165, 1.54) is 43.9 Å². The summed E-state index contributed by atoms with van der Waals surface area (Å²) in [5.41, 5.74) is 8.20. The number of amides is 2. The number of benzene rings is 2. The summed E-state index contributed by atoms with van der Waals surface area (Å²) in [5, 5.41) is 2.91. The Morgan fingerprint density at radius 1 is 1.06 bits per heavy atom. The van der Waals surface area contributed by atoms with Gasteiger partial charge in [0.25, 0.3) is 5.91 Å². The van der Waals surface area contributed by atoms with Gasteiger partial charge < -0.3 is 20.7 Å². The van der Waals surface area contributed by atoms with Gasteiger partial charge in [0.05, 0.1) is 0 Å². The van der Waals surface area contributed by atoms with Crippen molar-refractivity contribution in [2.75, 3.05) is 18.6 Å². The molecule has 6 heteroatoms. The molecule has 0 aliphatic heterocycles. The maximum absolute atomic E-state index is 12.1. The van der Waals surface area contributed by atoms with Crippen molar-refractivity contribution in [2.45, 2.75) is 44.7 Å². The van der Waals surface area contributed by atoms with E-state index < -0.39 is 5.91 Å². The summed E-state index contributed by atoms with van der Waals surface area (Å²) in [6.45, 7) is 0.325. The third-order valence-corrected chi connectivity index (χ3v) is 5.62. The Labute approximate surface area is 184 Å². The van der Waals surface area contributed by atoms with Crippen LogP contribution < -0.4 is 20.7 Å². The van der Waals surface area contributed by atoms with Crippen molar-refractivity contribution in [1.82, 2.24) is 5.32 Å². The molecule has 1 saturated carbocycles. The highest BCUT2D eigenvalue weighted by Crippen LogP contribution is 2.26. The number of anilines is 1. The number of hydrogen-bond acceptors (Lipinski definition) is 4. The minimum Gasteiger partial charge on any atom is -0.484 e. The van der Waals surface area contributed by atoms with Crippen LogP contribution in [0.3, 0.4) is 0 Å². The molecule has 3 N–H and O–H groups in total. The number of ether oxygens (including phenoxy) is 1. The summed E-state index contributed by atoms with van der Waals surface area (Å²) < 4.78 is 5.21. The fourth-order valence-corrected chi connectivity index (χ4v) is 3.78. The molecule has 1 aliphatic carbocycles. The summed E-state index contributed by atoms with van der Waals surface area (Å²) in [5.74, 6) is -0.123. The molecule has 2 amide bonds. The third-order valence-electron chi connectivity index (χ3n) is 5.62. The maximum atomic E-state index is 12.1. The predicted molar refractivity (Wildman–Crippen MR) is 124 cm³/mol. The van der Waals surface area contributed by atoms with Gasteiger partial charge in [-0.05, 0) is 54.3 Å². The highest BCUT2D eigenvalue weighted by Gasteiger charge is 2.18. The van der Waals surface area contributed by atoms with Crippen molar-refractivity contribution in [3.63, 3.8) is 0 Å². The first-order valence-corrected chi connectivity index (χ1v) is 10.8. The number of rotatable bonds is 9. The van der Waals surface area contributed by atoms with Gasteiger partial charge in [0, 0.05) is 31.4 Å². The summed E-state index contributed by atoms with van der Waals surface area (Å²) in [7, 11) is 2.17. The second kappa shape index (κ2) is 11.2. The van der Waals surface area contributed by atoms with Gasteiger partial charge in [-0.3, -0.25) is 9.59 Å². The second-order valence-electron chi connectivity index (χ2n) is 7.94. The molecule has 0 atom stereocenters. The molecule has 0 unspecified atom stereocenters. The van der Waals surface area contributed by atoms with Crippen LogP contribution in [0.2, 0.25) is 0 Å². The first kappa shape index (κ1) is 22.4. The molecule has 0 spiro atoms. The van der Waals surface area contributed by atoms with E-state index in [1.54, 1.807) is 18.2 Å². The van der Waals surface area contributed by atoms with Crippen LogP contribution in [0.15, 0.2) is 54.6 Å². The van der Waals surface area contributed by atoms with E-state index in [4.69, 9.17) is 10.5 Å². The topological polar surface area (TPSA) is 84.7 Å². The number of nitrogens with one attached hydrogen (secondary N) is 1. The van der Waals surface area contributed by atoms with Crippen LogP contribution in [-0.2, 0) is 16.1 Å². The second-order valence-corrected chi connectivity index (χ2v) is 7.94. The number of nitrogens with zero attached hydrogens (tertiary/aromatic N) is 1. The monoisotopic (exact) mass is 421 g/mol. The van der Waals surface area contributed by atoms with Crippen LogP contribution in [0.5, 0.6) is 5.75 Å². The summed E-state index contributed by atoms with van der Waals surface area (Å²) in [4.78, 5) is 25.2. The molecule has 164 valence electrons. The molecule has 1 fully saturated rings. The Kier molecular flexibility index (Phi) is 8.10. The third kappa shape index (κ3) is 7.17. The molecule has 0 saturated heterocycles. The molecular formula is C25H31N3O3. The fourth-order valence-electron chi connectivity index (χ4n) is 3.78. The highest BCUT2D eigenvalue weighted by molar-refractivity contribution is 5.91. The van der Waals surface area contributed by atoms with Gasteiger partial charge in [-0.25, -0.2) is 0 Å². The zero-order valence-corrected chi connectivity index (χ0v) is 18.0. The van der Waals surface area contributed by atoms with Crippen molar-refractivity contribution in [3.05, 3.63) is 65.7 Å². The molecule has 0 radical (unpaired) electrons. The lowest BCUT2D eigenvalue weighted by Crippen LogP contribution is -2.33. The lowest BCUT2D eigenvalue weighted by atomic mass is 9.94. The normalized spacial score (nSPS) is 14.4. The maximum Gasteiger partial charge on any atom is 0.255 e. The average Bonchev–Trinajstić information content (AvgIpc) is 2.81. The molecule has 0 aromatic heterocycles. The van der Waals surface area contributed by atoms with Crippen LogP contribution in [0.1, 0.15) is 43.2 Å². The lowest BCUT2D eigenvalue weighted by molar-refractivity contribution is -0.120. The van der Waals surface area contributed by atoms with E-state index in [-0.39, 0.29) is 12.5 Å². The van der Waals surface area contributed by atoms with Gasteiger partial charge >= 0.3 is 0 Å². The predicted octanol–water partition coefficient (Wildman–Crippen LogP) is 3.65. The van der Waals surface area contributed by atoms with Gasteiger partial charge in [0.15, 0.2) is 6.61 Å². The standard InChI is InChI=1S/C25H31N3O3/c1-28(21-5-3-2-4-6-21)22-12-7-20(8-13-22)17-27-25(30)16-11-19-9-14-23(15-10-19)31-18-24(26)29/h7-16,21H,2-6,17-18H2,1H3,(H2,26,29)(H,27,30)/b16-11+. The lowest BCUT2D eigenvalue weighted by Gasteiger charge is -2.33. The van der Waals surface area contributed by atoms with Crippen molar-refractivity contribution in [3.8, 4) is 5.75 Å². The Bertz CT molecular complexity index is 885. The zero-order valence-electron chi connectivity index (χ0n) is 18.0. The molecule has 0 heterocycles. The minimum absolute atomic E-state index is 0.155. The van der Waals surface area contributed by atoms with Crippen LogP contribution in [-0.4, -0.2) is 31.5 Å². The largest absolute Gasteiger partial charge is 0.484 e. The minimum atomic E-state index is -0.522. The van der Waals surface area contributed by atoms with E-state index in [2.05, 4.69) is 41.5 Å². The number of carbonyl (C=O) groups excluding carboxylic acids is 2. The van der Waals surface area contributed by atoms with E-state index in [0.29, 0.717) is 18.3 Å². The fraction of sp³-hybridized carbons (Fsp3) is 0.360. The van der Waals surface area contributed by atoms with Crippen molar-refractivity contribution in [1.29, 1.82) is 0 Å². The van der Waals surface area contributed by atoms with E-state index in [0.717, 1.165) is 11.1 Å². The van der Waals surface area contributed by atoms with E-state index in [1.807, 2.05) is 12.1 Å². The molecule has 1 aliphatic rings. The Morgan fingerprint density at radius 3 is 2.39 bits per heavy atom. The average molecular weight is 422 g/mol. The number of carbonyl (C=O) groups is 2. The highest BCUT2D eigenvalue weighted by atomic mass is 16.5. The van der Waals surface area contributed by atoms with Gasteiger partial charge in [0.2, 0.25) is 5.91 Å². The summed E-state index contributed by atoms with van der Waals surface area (Å²) >= 11 is 0. The molecule has 0 bridgehead atoms. The van der Waals surface area contributed by atoms with Crippen molar-refractivity contribution >= 4 is 23.6 Å². The van der Waals surface area contributed by atoms with Crippen LogP contribution >= 0.6 is 0 Å². The van der Waals surface area contributed by atoms with Crippen LogP contribution in [0, 0.1) is 0 Å². The SMILES string of the molecule is CN(c1ccc(CNC(=O)/C=C/c2ccc(OCC(N)=O)cc2)cc1)C1CCCCC1. The molecule has 2 aromatic rings. The zero-order chi connectivity index (χ0) is 22.1. The summed E-state index contributed by atoms with van der Waals surface area (Å²) in [6.07, 6.45) is 9.77. The number of hydrogen-bond donors (Lipinski definition) is 2. The first-order valence-electron chi connectivity index (χ1n) is 10.8.